The van der Waals surface area contributed by atoms with E-state index in [4.69, 9.17) is 47.0 Å². The molecule has 1 aliphatic rings. The van der Waals surface area contributed by atoms with E-state index in [0.717, 1.165) is 5.69 Å². The molecule has 1 saturated heterocycles. The molecule has 2 amide bonds. The quantitative estimate of drug-likeness (QED) is 0.658. The van der Waals surface area contributed by atoms with Gasteiger partial charge in [0.15, 0.2) is 0 Å². The van der Waals surface area contributed by atoms with Crippen molar-refractivity contribution in [3.05, 3.63) is 57.5 Å². The van der Waals surface area contributed by atoms with Gasteiger partial charge in [-0.1, -0.05) is 47.0 Å². The highest BCUT2D eigenvalue weighted by atomic mass is 35.5. The standard InChI is InChI=1S/C15H9Cl3N2OS/c16-9-1-3-10(4-2-9)19-8-14(22)20(15(19)21)11-5-6-12(17)13(18)7-11/h1-7H,8H2. The van der Waals surface area contributed by atoms with Gasteiger partial charge in [0.25, 0.3) is 0 Å². The third kappa shape index (κ3) is 2.79. The molecule has 0 N–H and O–H groups in total. The number of nitrogens with zero attached hydrogens (tertiary/aromatic N) is 2. The molecule has 0 atom stereocenters. The Labute approximate surface area is 148 Å². The lowest BCUT2D eigenvalue weighted by atomic mass is 10.3. The monoisotopic (exact) mass is 370 g/mol. The highest BCUT2D eigenvalue weighted by molar-refractivity contribution is 7.80. The third-order valence-electron chi connectivity index (χ3n) is 3.26. The van der Waals surface area contributed by atoms with Crippen molar-refractivity contribution in [2.24, 2.45) is 0 Å². The molecule has 0 aromatic heterocycles. The first-order valence-corrected chi connectivity index (χ1v) is 7.86. The van der Waals surface area contributed by atoms with E-state index in [1.807, 2.05) is 0 Å². The largest absolute Gasteiger partial charge is 0.334 e. The van der Waals surface area contributed by atoms with E-state index in [2.05, 4.69) is 0 Å². The van der Waals surface area contributed by atoms with Crippen LogP contribution in [0.3, 0.4) is 0 Å². The number of anilines is 2. The SMILES string of the molecule is O=C1N(c2ccc(Cl)cc2)CC(=S)N1c1ccc(Cl)c(Cl)c1. The number of thiocarbonyl (C=S) groups is 1. The fraction of sp³-hybridized carbons (Fsp3) is 0.0667. The maximum absolute atomic E-state index is 12.7. The molecule has 1 heterocycles. The molecular formula is C15H9Cl3N2OS. The summed E-state index contributed by atoms with van der Waals surface area (Å²) in [5, 5.41) is 1.41. The molecule has 0 radical (unpaired) electrons. The van der Waals surface area contributed by atoms with Gasteiger partial charge in [0, 0.05) is 10.7 Å². The summed E-state index contributed by atoms with van der Waals surface area (Å²) in [5.74, 6) is 0. The van der Waals surface area contributed by atoms with Gasteiger partial charge in [0.2, 0.25) is 0 Å². The van der Waals surface area contributed by atoms with Crippen LogP contribution in [-0.2, 0) is 0 Å². The third-order valence-corrected chi connectivity index (χ3v) is 4.57. The second-order valence-corrected chi connectivity index (χ2v) is 6.39. The summed E-state index contributed by atoms with van der Waals surface area (Å²) in [6.45, 7) is 0.329. The normalized spacial score (nSPS) is 14.9. The Hall–Kier alpha value is -1.33. The molecule has 2 aromatic carbocycles. The van der Waals surface area contributed by atoms with Crippen molar-refractivity contribution in [2.45, 2.75) is 0 Å². The molecule has 0 aliphatic carbocycles. The van der Waals surface area contributed by atoms with Crippen molar-refractivity contribution in [3.63, 3.8) is 0 Å². The van der Waals surface area contributed by atoms with Crippen LogP contribution in [0, 0.1) is 0 Å². The first kappa shape index (κ1) is 15.6. The van der Waals surface area contributed by atoms with Gasteiger partial charge >= 0.3 is 6.03 Å². The summed E-state index contributed by atoms with van der Waals surface area (Å²) < 4.78 is 0. The lowest BCUT2D eigenvalue weighted by Crippen LogP contribution is -2.32. The molecule has 0 spiro atoms. The Morgan fingerprint density at radius 1 is 0.909 bits per heavy atom. The van der Waals surface area contributed by atoms with Gasteiger partial charge in [-0.05, 0) is 42.5 Å². The molecule has 3 rings (SSSR count). The van der Waals surface area contributed by atoms with Crippen molar-refractivity contribution in [1.82, 2.24) is 0 Å². The van der Waals surface area contributed by atoms with Crippen LogP contribution in [0.5, 0.6) is 0 Å². The number of carbonyl (C=O) groups excluding carboxylic acids is 1. The van der Waals surface area contributed by atoms with Crippen LogP contribution in [0.25, 0.3) is 0 Å². The molecule has 1 aliphatic heterocycles. The smallest absolute Gasteiger partial charge is 0.287 e. The molecule has 0 bridgehead atoms. The van der Waals surface area contributed by atoms with Gasteiger partial charge in [-0.3, -0.25) is 9.80 Å². The molecule has 3 nitrogen and oxygen atoms in total. The number of benzene rings is 2. The lowest BCUT2D eigenvalue weighted by molar-refractivity contribution is 0.256. The highest BCUT2D eigenvalue weighted by Gasteiger charge is 2.35. The predicted octanol–water partition coefficient (Wildman–Crippen LogP) is 5.42. The van der Waals surface area contributed by atoms with Gasteiger partial charge in [0.05, 0.1) is 22.3 Å². The second-order valence-electron chi connectivity index (χ2n) is 4.67. The Bertz CT molecular complexity index is 764. The first-order valence-electron chi connectivity index (χ1n) is 6.32. The first-order chi connectivity index (χ1) is 10.5. The summed E-state index contributed by atoms with van der Waals surface area (Å²) in [4.78, 5) is 16.2. The van der Waals surface area contributed by atoms with E-state index < -0.39 is 0 Å². The minimum Gasteiger partial charge on any atom is -0.287 e. The van der Waals surface area contributed by atoms with Crippen LogP contribution < -0.4 is 9.80 Å². The molecule has 7 heteroatoms. The number of rotatable bonds is 2. The molecule has 0 unspecified atom stereocenters. The lowest BCUT2D eigenvalue weighted by Gasteiger charge is -2.18. The number of urea groups is 1. The molecular weight excluding hydrogens is 363 g/mol. The van der Waals surface area contributed by atoms with E-state index in [1.54, 1.807) is 47.4 Å². The van der Waals surface area contributed by atoms with Crippen LogP contribution in [0.2, 0.25) is 15.1 Å². The van der Waals surface area contributed by atoms with E-state index in [-0.39, 0.29) is 6.03 Å². The summed E-state index contributed by atoms with van der Waals surface area (Å²) in [6.07, 6.45) is 0. The van der Waals surface area contributed by atoms with Crippen molar-refractivity contribution < 1.29 is 4.79 Å². The van der Waals surface area contributed by atoms with Gasteiger partial charge in [0.1, 0.15) is 4.99 Å². The summed E-state index contributed by atoms with van der Waals surface area (Å²) in [6, 6.07) is 11.8. The predicted molar refractivity (Wildman–Crippen MR) is 95.7 cm³/mol. The van der Waals surface area contributed by atoms with Gasteiger partial charge in [-0.15, -0.1) is 0 Å². The average Bonchev–Trinajstić information content (AvgIpc) is 2.78. The Morgan fingerprint density at radius 2 is 1.55 bits per heavy atom. The van der Waals surface area contributed by atoms with Crippen molar-refractivity contribution in [3.8, 4) is 0 Å². The minimum atomic E-state index is -0.231. The van der Waals surface area contributed by atoms with Crippen LogP contribution >= 0.6 is 47.0 Å². The fourth-order valence-electron chi connectivity index (χ4n) is 2.20. The Kier molecular flexibility index (Phi) is 4.28. The van der Waals surface area contributed by atoms with Gasteiger partial charge in [-0.2, -0.15) is 0 Å². The van der Waals surface area contributed by atoms with Gasteiger partial charge in [-0.25, -0.2) is 4.79 Å². The Balaban J connectivity index is 1.94. The Morgan fingerprint density at radius 3 is 2.18 bits per heavy atom. The van der Waals surface area contributed by atoms with Crippen molar-refractivity contribution in [1.29, 1.82) is 0 Å². The topological polar surface area (TPSA) is 23.6 Å². The van der Waals surface area contributed by atoms with Crippen molar-refractivity contribution in [2.75, 3.05) is 16.3 Å². The zero-order chi connectivity index (χ0) is 15.9. The van der Waals surface area contributed by atoms with Crippen LogP contribution in [0.15, 0.2) is 42.5 Å². The van der Waals surface area contributed by atoms with Gasteiger partial charge < -0.3 is 0 Å². The minimum absolute atomic E-state index is 0.231. The van der Waals surface area contributed by atoms with E-state index in [0.29, 0.717) is 32.3 Å². The number of hydrogen-bond acceptors (Lipinski definition) is 2. The molecule has 2 aromatic rings. The van der Waals surface area contributed by atoms with Crippen LogP contribution in [0.1, 0.15) is 0 Å². The zero-order valence-electron chi connectivity index (χ0n) is 11.1. The van der Waals surface area contributed by atoms with Crippen LogP contribution in [-0.4, -0.2) is 17.6 Å². The average molecular weight is 372 g/mol. The zero-order valence-corrected chi connectivity index (χ0v) is 14.2. The summed E-state index contributed by atoms with van der Waals surface area (Å²) >= 11 is 23.1. The molecule has 0 saturated carbocycles. The van der Waals surface area contributed by atoms with E-state index in [1.165, 1.54) is 4.90 Å². The summed E-state index contributed by atoms with van der Waals surface area (Å²) in [7, 11) is 0. The fourth-order valence-corrected chi connectivity index (χ4v) is 2.93. The second kappa shape index (κ2) is 6.05. The van der Waals surface area contributed by atoms with E-state index >= 15 is 0 Å². The van der Waals surface area contributed by atoms with Crippen molar-refractivity contribution >= 4 is 69.4 Å². The number of carbonyl (C=O) groups is 1. The molecule has 22 heavy (non-hydrogen) atoms. The number of halogens is 3. The number of amides is 2. The maximum atomic E-state index is 12.7. The van der Waals surface area contributed by atoms with E-state index in [9.17, 15) is 4.79 Å². The molecule has 112 valence electrons. The maximum Gasteiger partial charge on any atom is 0.334 e. The number of hydrogen-bond donors (Lipinski definition) is 0. The summed E-state index contributed by atoms with van der Waals surface area (Å²) in [5.41, 5.74) is 1.33. The molecule has 1 fully saturated rings. The highest BCUT2D eigenvalue weighted by Crippen LogP contribution is 2.31. The van der Waals surface area contributed by atoms with Crippen LogP contribution in [0.4, 0.5) is 16.2 Å².